The first-order chi connectivity index (χ1) is 12.2. The van der Waals surface area contributed by atoms with E-state index in [4.69, 9.17) is 0 Å². The van der Waals surface area contributed by atoms with Crippen LogP contribution in [-0.2, 0) is 12.8 Å². The van der Waals surface area contributed by atoms with Gasteiger partial charge < -0.3 is 10.2 Å². The Morgan fingerprint density at radius 3 is 2.12 bits per heavy atom. The molecule has 1 aliphatic rings. The third kappa shape index (κ3) is 2.84. The number of benzene rings is 2. The van der Waals surface area contributed by atoms with Gasteiger partial charge in [0.05, 0.1) is 11.1 Å². The molecule has 0 heterocycles. The van der Waals surface area contributed by atoms with Crippen LogP contribution in [0.4, 0.5) is 0 Å². The van der Waals surface area contributed by atoms with Crippen molar-refractivity contribution in [3.8, 4) is 11.5 Å². The Morgan fingerprint density at radius 1 is 0.885 bits per heavy atom. The molecule has 2 aromatic rings. The first-order valence-electron chi connectivity index (χ1n) is 8.29. The molecule has 2 N–H and O–H groups in total. The smallest absolute Gasteiger partial charge is 0.198 e. The van der Waals surface area contributed by atoms with Gasteiger partial charge in [0.1, 0.15) is 11.5 Å². The zero-order chi connectivity index (χ0) is 19.2. The van der Waals surface area contributed by atoms with E-state index in [1.807, 2.05) is 6.92 Å². The molecule has 0 amide bonds. The summed E-state index contributed by atoms with van der Waals surface area (Å²) >= 11 is 0. The number of carbonyl (C=O) groups excluding carboxylic acids is 2. The maximum absolute atomic E-state index is 12.9. The van der Waals surface area contributed by atoms with Crippen molar-refractivity contribution in [3.05, 3.63) is 82.0 Å². The molecule has 0 saturated heterocycles. The molecule has 0 spiro atoms. The van der Waals surface area contributed by atoms with Crippen molar-refractivity contribution in [1.29, 1.82) is 0 Å². The molecule has 0 radical (unpaired) electrons. The third-order valence-electron chi connectivity index (χ3n) is 4.38. The molecule has 0 unspecified atom stereocenters. The van der Waals surface area contributed by atoms with Gasteiger partial charge in [0.2, 0.25) is 0 Å². The lowest BCUT2D eigenvalue weighted by atomic mass is 9.80. The Balaban J connectivity index is 2.20. The van der Waals surface area contributed by atoms with E-state index in [9.17, 15) is 19.8 Å². The summed E-state index contributed by atoms with van der Waals surface area (Å²) < 4.78 is 0. The number of ketones is 2. The lowest BCUT2D eigenvalue weighted by Gasteiger charge is -2.21. The molecular weight excluding hydrogens is 328 g/mol. The number of phenols is 2. The molecule has 2 aromatic carbocycles. The van der Waals surface area contributed by atoms with Crippen molar-refractivity contribution < 1.29 is 19.8 Å². The summed E-state index contributed by atoms with van der Waals surface area (Å²) in [6, 6.07) is 6.36. The predicted molar refractivity (Wildman–Crippen MR) is 100 cm³/mol. The van der Waals surface area contributed by atoms with Crippen LogP contribution in [0.3, 0.4) is 0 Å². The van der Waals surface area contributed by atoms with Crippen LogP contribution in [0.1, 0.15) is 56.8 Å². The predicted octanol–water partition coefficient (Wildman–Crippen LogP) is 4.11. The van der Waals surface area contributed by atoms with E-state index in [2.05, 4.69) is 13.2 Å². The molecule has 3 rings (SSSR count). The molecule has 132 valence electrons. The molecule has 0 aromatic heterocycles. The lowest BCUT2D eigenvalue weighted by molar-refractivity contribution is 0.0974. The summed E-state index contributed by atoms with van der Waals surface area (Å²) in [4.78, 5) is 25.9. The van der Waals surface area contributed by atoms with Crippen LogP contribution >= 0.6 is 0 Å². The highest BCUT2D eigenvalue weighted by molar-refractivity contribution is 6.30. The summed E-state index contributed by atoms with van der Waals surface area (Å²) in [6.07, 6.45) is 0.898. The second kappa shape index (κ2) is 6.30. The zero-order valence-corrected chi connectivity index (χ0v) is 14.8. The Kier molecular flexibility index (Phi) is 4.28. The topological polar surface area (TPSA) is 74.6 Å². The van der Waals surface area contributed by atoms with Crippen molar-refractivity contribution in [2.75, 3.05) is 0 Å². The second-order valence-electron chi connectivity index (χ2n) is 6.96. The molecule has 4 nitrogen and oxygen atoms in total. The summed E-state index contributed by atoms with van der Waals surface area (Å²) in [5.41, 5.74) is 3.13. The average molecular weight is 348 g/mol. The van der Waals surface area contributed by atoms with Crippen LogP contribution in [0.5, 0.6) is 11.5 Å². The van der Waals surface area contributed by atoms with Crippen LogP contribution in [0.2, 0.25) is 0 Å². The highest BCUT2D eigenvalue weighted by Crippen LogP contribution is 2.40. The van der Waals surface area contributed by atoms with Gasteiger partial charge in [-0.2, -0.15) is 0 Å². The number of hydrogen-bond donors (Lipinski definition) is 2. The Bertz CT molecular complexity index is 994. The van der Waals surface area contributed by atoms with Crippen molar-refractivity contribution in [2.24, 2.45) is 0 Å². The molecular formula is C22H20O4. The van der Waals surface area contributed by atoms with Crippen LogP contribution in [0.15, 0.2) is 48.6 Å². The maximum Gasteiger partial charge on any atom is 0.198 e. The van der Waals surface area contributed by atoms with Crippen LogP contribution in [-0.4, -0.2) is 21.8 Å². The van der Waals surface area contributed by atoms with E-state index < -0.39 is 11.6 Å². The SMILES string of the molecule is C=C(C)Cc1ccc2c(c1)C(=O)c1c(O)cc(CC(=C)C)c(O)c1C2=O. The minimum absolute atomic E-state index is 0.133. The van der Waals surface area contributed by atoms with Gasteiger partial charge in [-0.25, -0.2) is 0 Å². The average Bonchev–Trinajstić information content (AvgIpc) is 2.54. The molecule has 4 heteroatoms. The van der Waals surface area contributed by atoms with Gasteiger partial charge >= 0.3 is 0 Å². The monoisotopic (exact) mass is 348 g/mol. The van der Waals surface area contributed by atoms with Crippen molar-refractivity contribution in [3.63, 3.8) is 0 Å². The molecule has 0 atom stereocenters. The number of rotatable bonds is 4. The maximum atomic E-state index is 12.9. The van der Waals surface area contributed by atoms with Crippen LogP contribution < -0.4 is 0 Å². The van der Waals surface area contributed by atoms with Crippen molar-refractivity contribution in [1.82, 2.24) is 0 Å². The standard InChI is InChI=1S/C22H20O4/c1-11(2)7-13-5-6-15-16(9-13)22(26)18-17(23)10-14(8-12(3)4)20(24)19(18)21(15)25/h5-6,9-10,23-24H,1,3,7-8H2,2,4H3. The molecule has 0 saturated carbocycles. The van der Waals surface area contributed by atoms with E-state index in [1.165, 1.54) is 6.07 Å². The van der Waals surface area contributed by atoms with Gasteiger partial charge in [-0.15, -0.1) is 0 Å². The number of allylic oxidation sites excluding steroid dienone is 2. The van der Waals surface area contributed by atoms with Crippen molar-refractivity contribution in [2.45, 2.75) is 26.7 Å². The van der Waals surface area contributed by atoms with Gasteiger partial charge in [-0.3, -0.25) is 9.59 Å². The van der Waals surface area contributed by atoms with Crippen LogP contribution in [0.25, 0.3) is 0 Å². The van der Waals surface area contributed by atoms with Gasteiger partial charge in [0.25, 0.3) is 0 Å². The summed E-state index contributed by atoms with van der Waals surface area (Å²) in [7, 11) is 0. The van der Waals surface area contributed by atoms with Gasteiger partial charge in [0.15, 0.2) is 11.6 Å². The number of carbonyl (C=O) groups is 2. The third-order valence-corrected chi connectivity index (χ3v) is 4.38. The molecule has 0 aliphatic heterocycles. The molecule has 1 aliphatic carbocycles. The number of fused-ring (bicyclic) bond motifs is 2. The van der Waals surface area contributed by atoms with Crippen LogP contribution in [0, 0.1) is 0 Å². The van der Waals surface area contributed by atoms with Gasteiger partial charge in [0, 0.05) is 16.7 Å². The van der Waals surface area contributed by atoms with Gasteiger partial charge in [-0.05, 0) is 44.4 Å². The Hall–Kier alpha value is -3.14. The Labute approximate surface area is 152 Å². The molecule has 26 heavy (non-hydrogen) atoms. The number of aromatic hydroxyl groups is 2. The molecule has 0 bridgehead atoms. The zero-order valence-electron chi connectivity index (χ0n) is 14.8. The molecule has 0 fully saturated rings. The number of hydrogen-bond acceptors (Lipinski definition) is 4. The van der Waals surface area contributed by atoms with Gasteiger partial charge in [-0.1, -0.05) is 36.4 Å². The summed E-state index contributed by atoms with van der Waals surface area (Å²) in [5.74, 6) is -1.50. The van der Waals surface area contributed by atoms with E-state index in [1.54, 1.807) is 25.1 Å². The minimum atomic E-state index is -0.465. The fraction of sp³-hybridized carbons (Fsp3) is 0.182. The van der Waals surface area contributed by atoms with E-state index in [0.29, 0.717) is 18.4 Å². The number of phenolic OH excluding ortho intramolecular Hbond substituents is 2. The summed E-state index contributed by atoms with van der Waals surface area (Å²) in [5, 5.41) is 20.9. The fourth-order valence-electron chi connectivity index (χ4n) is 3.33. The quantitative estimate of drug-likeness (QED) is 0.550. The fourth-order valence-corrected chi connectivity index (χ4v) is 3.33. The summed E-state index contributed by atoms with van der Waals surface area (Å²) in [6.45, 7) is 11.3. The normalized spacial score (nSPS) is 12.5. The first-order valence-corrected chi connectivity index (χ1v) is 8.29. The van der Waals surface area contributed by atoms with E-state index in [-0.39, 0.29) is 33.8 Å². The largest absolute Gasteiger partial charge is 0.507 e. The second-order valence-corrected chi connectivity index (χ2v) is 6.96. The highest BCUT2D eigenvalue weighted by Gasteiger charge is 2.35. The van der Waals surface area contributed by atoms with Crippen molar-refractivity contribution >= 4 is 11.6 Å². The van der Waals surface area contributed by atoms with E-state index >= 15 is 0 Å². The first kappa shape index (κ1) is 17.7. The van der Waals surface area contributed by atoms with E-state index in [0.717, 1.165) is 16.7 Å². The lowest BCUT2D eigenvalue weighted by Crippen LogP contribution is -2.22. The highest BCUT2D eigenvalue weighted by atomic mass is 16.3. The minimum Gasteiger partial charge on any atom is -0.507 e. The Morgan fingerprint density at radius 2 is 1.50 bits per heavy atom.